The second-order valence-corrected chi connectivity index (χ2v) is 2.31. The van der Waals surface area contributed by atoms with Crippen molar-refractivity contribution in [3.05, 3.63) is 36.4 Å². The highest BCUT2D eigenvalue weighted by molar-refractivity contribution is 5.64. The van der Waals surface area contributed by atoms with Gasteiger partial charge in [0.05, 0.1) is 6.61 Å². The molecule has 2 heteroatoms. The maximum Gasteiger partial charge on any atom is 0.116 e. The van der Waals surface area contributed by atoms with E-state index >= 15 is 0 Å². The fourth-order valence-corrected chi connectivity index (χ4v) is 0.817. The van der Waals surface area contributed by atoms with Crippen molar-refractivity contribution in [3.8, 4) is 5.75 Å². The molecule has 0 aliphatic heterocycles. The third-order valence-electron chi connectivity index (χ3n) is 1.45. The third-order valence-corrected chi connectivity index (χ3v) is 1.45. The average molecular weight is 150 g/mol. The molecule has 0 amide bonds. The van der Waals surface area contributed by atoms with Crippen molar-refractivity contribution in [1.29, 1.82) is 0 Å². The number of hydrogen-bond donors (Lipinski definition) is 2. The van der Waals surface area contributed by atoms with E-state index < -0.39 is 0 Å². The van der Waals surface area contributed by atoms with E-state index in [1.165, 1.54) is 0 Å². The standard InChI is InChI=1S/C9H10O2/c1-7(6-10)8-3-2-4-9(11)5-8/h2-5,10-11H,1,6H2. The number of hydrogen-bond acceptors (Lipinski definition) is 2. The van der Waals surface area contributed by atoms with Crippen LogP contribution in [0.1, 0.15) is 5.56 Å². The van der Waals surface area contributed by atoms with Crippen LogP contribution in [0.5, 0.6) is 5.75 Å². The zero-order valence-electron chi connectivity index (χ0n) is 6.12. The Balaban J connectivity index is 2.96. The lowest BCUT2D eigenvalue weighted by Gasteiger charge is -2.01. The molecule has 1 aromatic carbocycles. The molecule has 0 saturated heterocycles. The van der Waals surface area contributed by atoms with E-state index in [-0.39, 0.29) is 12.4 Å². The topological polar surface area (TPSA) is 40.5 Å². The van der Waals surface area contributed by atoms with Crippen molar-refractivity contribution in [2.45, 2.75) is 0 Å². The molecule has 2 N–H and O–H groups in total. The van der Waals surface area contributed by atoms with Crippen LogP contribution in [0.4, 0.5) is 0 Å². The Labute approximate surface area is 65.4 Å². The largest absolute Gasteiger partial charge is 0.508 e. The number of aromatic hydroxyl groups is 1. The molecule has 0 aromatic heterocycles. The fourth-order valence-electron chi connectivity index (χ4n) is 0.817. The van der Waals surface area contributed by atoms with Gasteiger partial charge >= 0.3 is 0 Å². The summed E-state index contributed by atoms with van der Waals surface area (Å²) in [5.41, 5.74) is 1.38. The summed E-state index contributed by atoms with van der Waals surface area (Å²) in [6.45, 7) is 3.54. The molecule has 0 aliphatic carbocycles. The van der Waals surface area contributed by atoms with Gasteiger partial charge < -0.3 is 10.2 Å². The SMILES string of the molecule is C=C(CO)c1cccc(O)c1. The monoisotopic (exact) mass is 150 g/mol. The molecule has 0 atom stereocenters. The summed E-state index contributed by atoms with van der Waals surface area (Å²) in [6.07, 6.45) is 0. The van der Waals surface area contributed by atoms with Crippen LogP contribution in [0.15, 0.2) is 30.8 Å². The minimum Gasteiger partial charge on any atom is -0.508 e. The molecule has 11 heavy (non-hydrogen) atoms. The van der Waals surface area contributed by atoms with Crippen molar-refractivity contribution >= 4 is 5.57 Å². The predicted molar refractivity (Wildman–Crippen MR) is 44.2 cm³/mol. The van der Waals surface area contributed by atoms with E-state index in [1.807, 2.05) is 0 Å². The van der Waals surface area contributed by atoms with Crippen molar-refractivity contribution in [3.63, 3.8) is 0 Å². The molecule has 0 aliphatic rings. The van der Waals surface area contributed by atoms with Crippen LogP contribution in [0.25, 0.3) is 5.57 Å². The van der Waals surface area contributed by atoms with Gasteiger partial charge in [0.2, 0.25) is 0 Å². The van der Waals surface area contributed by atoms with Crippen LogP contribution in [-0.2, 0) is 0 Å². The summed E-state index contributed by atoms with van der Waals surface area (Å²) in [7, 11) is 0. The van der Waals surface area contributed by atoms with Gasteiger partial charge in [0.15, 0.2) is 0 Å². The summed E-state index contributed by atoms with van der Waals surface area (Å²) in [5.74, 6) is 0.192. The Kier molecular flexibility index (Phi) is 2.28. The van der Waals surface area contributed by atoms with E-state index in [0.29, 0.717) is 5.57 Å². The molecule has 0 bridgehead atoms. The number of rotatable bonds is 2. The third kappa shape index (κ3) is 1.82. The Morgan fingerprint density at radius 3 is 2.73 bits per heavy atom. The Hall–Kier alpha value is -1.28. The number of aliphatic hydroxyl groups is 1. The van der Waals surface area contributed by atoms with Crippen LogP contribution < -0.4 is 0 Å². The van der Waals surface area contributed by atoms with E-state index in [0.717, 1.165) is 5.56 Å². The summed E-state index contributed by atoms with van der Waals surface area (Å²) in [6, 6.07) is 6.65. The van der Waals surface area contributed by atoms with Gasteiger partial charge in [0, 0.05) is 0 Å². The number of phenols is 1. The number of aliphatic hydroxyl groups excluding tert-OH is 1. The molecule has 0 radical (unpaired) electrons. The lowest BCUT2D eigenvalue weighted by molar-refractivity contribution is 0.350. The molecule has 2 nitrogen and oxygen atoms in total. The molecule has 0 fully saturated rings. The highest BCUT2D eigenvalue weighted by atomic mass is 16.3. The van der Waals surface area contributed by atoms with Crippen LogP contribution in [-0.4, -0.2) is 16.8 Å². The second-order valence-electron chi connectivity index (χ2n) is 2.31. The highest BCUT2D eigenvalue weighted by Crippen LogP contribution is 2.16. The van der Waals surface area contributed by atoms with Gasteiger partial charge in [-0.3, -0.25) is 0 Å². The minimum atomic E-state index is -0.0799. The second kappa shape index (κ2) is 3.21. The summed E-state index contributed by atoms with van der Waals surface area (Å²) in [4.78, 5) is 0. The predicted octanol–water partition coefficient (Wildman–Crippen LogP) is 1.40. The first-order chi connectivity index (χ1) is 5.24. The maximum absolute atomic E-state index is 9.03. The normalized spacial score (nSPS) is 9.55. The first kappa shape index (κ1) is 7.82. The van der Waals surface area contributed by atoms with Gasteiger partial charge in [-0.05, 0) is 23.3 Å². The van der Waals surface area contributed by atoms with Gasteiger partial charge in [-0.2, -0.15) is 0 Å². The Bertz CT molecular complexity index is 266. The van der Waals surface area contributed by atoms with E-state index in [4.69, 9.17) is 10.2 Å². The Morgan fingerprint density at radius 2 is 2.18 bits per heavy atom. The van der Waals surface area contributed by atoms with Crippen molar-refractivity contribution < 1.29 is 10.2 Å². The van der Waals surface area contributed by atoms with Crippen molar-refractivity contribution in [2.75, 3.05) is 6.61 Å². The molecule has 1 rings (SSSR count). The Morgan fingerprint density at radius 1 is 1.45 bits per heavy atom. The lowest BCUT2D eigenvalue weighted by atomic mass is 10.1. The van der Waals surface area contributed by atoms with Gasteiger partial charge in [-0.1, -0.05) is 18.7 Å². The van der Waals surface area contributed by atoms with Crippen molar-refractivity contribution in [2.24, 2.45) is 0 Å². The van der Waals surface area contributed by atoms with Crippen LogP contribution in [0.2, 0.25) is 0 Å². The maximum atomic E-state index is 9.03. The molecular weight excluding hydrogens is 140 g/mol. The summed E-state index contributed by atoms with van der Waals surface area (Å²) < 4.78 is 0. The average Bonchev–Trinajstić information content (AvgIpc) is 2.03. The number of phenolic OH excluding ortho intramolecular Hbond substituents is 1. The van der Waals surface area contributed by atoms with Gasteiger partial charge in [-0.25, -0.2) is 0 Å². The fraction of sp³-hybridized carbons (Fsp3) is 0.111. The molecule has 58 valence electrons. The van der Waals surface area contributed by atoms with E-state index in [1.54, 1.807) is 24.3 Å². The lowest BCUT2D eigenvalue weighted by Crippen LogP contribution is -1.86. The minimum absolute atomic E-state index is 0.0799. The van der Waals surface area contributed by atoms with Crippen LogP contribution in [0, 0.1) is 0 Å². The van der Waals surface area contributed by atoms with Gasteiger partial charge in [0.25, 0.3) is 0 Å². The van der Waals surface area contributed by atoms with E-state index in [9.17, 15) is 0 Å². The molecular formula is C9H10O2. The zero-order valence-corrected chi connectivity index (χ0v) is 6.12. The van der Waals surface area contributed by atoms with Crippen LogP contribution >= 0.6 is 0 Å². The van der Waals surface area contributed by atoms with E-state index in [2.05, 4.69) is 6.58 Å². The summed E-state index contributed by atoms with van der Waals surface area (Å²) in [5, 5.41) is 17.7. The van der Waals surface area contributed by atoms with Crippen molar-refractivity contribution in [1.82, 2.24) is 0 Å². The highest BCUT2D eigenvalue weighted by Gasteiger charge is 1.96. The van der Waals surface area contributed by atoms with Gasteiger partial charge in [-0.15, -0.1) is 0 Å². The first-order valence-corrected chi connectivity index (χ1v) is 3.32. The smallest absolute Gasteiger partial charge is 0.116 e. The quantitative estimate of drug-likeness (QED) is 0.669. The molecule has 0 unspecified atom stereocenters. The molecule has 1 aromatic rings. The first-order valence-electron chi connectivity index (χ1n) is 3.32. The summed E-state index contributed by atoms with van der Waals surface area (Å²) >= 11 is 0. The van der Waals surface area contributed by atoms with Gasteiger partial charge in [0.1, 0.15) is 5.75 Å². The van der Waals surface area contributed by atoms with Crippen LogP contribution in [0.3, 0.4) is 0 Å². The zero-order chi connectivity index (χ0) is 8.27. The number of benzene rings is 1. The molecule has 0 heterocycles. The molecule has 0 spiro atoms. The molecule has 0 saturated carbocycles.